The second kappa shape index (κ2) is 8.28. The second-order valence-corrected chi connectivity index (χ2v) is 6.47. The minimum absolute atomic E-state index is 0.0293. The summed E-state index contributed by atoms with van der Waals surface area (Å²) in [6, 6.07) is 19.3. The van der Waals surface area contributed by atoms with Crippen molar-refractivity contribution in [1.29, 1.82) is 0 Å². The van der Waals surface area contributed by atoms with Crippen LogP contribution < -0.4 is 0 Å². The highest BCUT2D eigenvalue weighted by atomic mass is 16.5. The summed E-state index contributed by atoms with van der Waals surface area (Å²) in [5.74, 6) is 0. The molecule has 0 saturated carbocycles. The van der Waals surface area contributed by atoms with Gasteiger partial charge in [-0.1, -0.05) is 66.6 Å². The molecule has 0 unspecified atom stereocenters. The number of piperidine rings is 1. The number of benzene rings is 2. The maximum atomic E-state index is 6.32. The molecule has 0 spiro atoms. The summed E-state index contributed by atoms with van der Waals surface area (Å²) >= 11 is 0. The van der Waals surface area contributed by atoms with Crippen molar-refractivity contribution in [3.05, 3.63) is 71.3 Å². The summed E-state index contributed by atoms with van der Waals surface area (Å²) in [7, 11) is 0. The SMILES string of the molecule is Cc1ccc([C@H](OCCN2CCCCC2)c2ccccc2)cc1. The van der Waals surface area contributed by atoms with Crippen LogP contribution in [0.2, 0.25) is 0 Å². The largest absolute Gasteiger partial charge is 0.367 e. The van der Waals surface area contributed by atoms with Crippen LogP contribution in [-0.4, -0.2) is 31.1 Å². The zero-order valence-corrected chi connectivity index (χ0v) is 14.1. The Morgan fingerprint density at radius 3 is 2.22 bits per heavy atom. The van der Waals surface area contributed by atoms with E-state index in [-0.39, 0.29) is 6.10 Å². The zero-order chi connectivity index (χ0) is 15.9. The monoisotopic (exact) mass is 309 g/mol. The molecule has 2 heteroatoms. The number of rotatable bonds is 6. The Morgan fingerprint density at radius 1 is 0.870 bits per heavy atom. The summed E-state index contributed by atoms with van der Waals surface area (Å²) in [6.07, 6.45) is 4.08. The number of likely N-dealkylation sites (tertiary alicyclic amines) is 1. The molecule has 0 aromatic heterocycles. The van der Waals surface area contributed by atoms with Gasteiger partial charge in [-0.05, 0) is 44.0 Å². The number of aryl methyl sites for hydroxylation is 1. The van der Waals surface area contributed by atoms with Gasteiger partial charge in [0.1, 0.15) is 6.10 Å². The maximum absolute atomic E-state index is 6.32. The smallest absolute Gasteiger partial charge is 0.108 e. The van der Waals surface area contributed by atoms with Crippen molar-refractivity contribution in [2.75, 3.05) is 26.2 Å². The minimum atomic E-state index is 0.0293. The van der Waals surface area contributed by atoms with Gasteiger partial charge < -0.3 is 9.64 Å². The second-order valence-electron chi connectivity index (χ2n) is 6.47. The average Bonchev–Trinajstić information content (AvgIpc) is 2.61. The molecule has 1 saturated heterocycles. The highest BCUT2D eigenvalue weighted by Crippen LogP contribution is 2.26. The average molecular weight is 309 g/mol. The summed E-state index contributed by atoms with van der Waals surface area (Å²) < 4.78 is 6.32. The lowest BCUT2D eigenvalue weighted by Crippen LogP contribution is -2.33. The minimum Gasteiger partial charge on any atom is -0.367 e. The number of ether oxygens (including phenoxy) is 1. The van der Waals surface area contributed by atoms with Gasteiger partial charge in [-0.3, -0.25) is 0 Å². The lowest BCUT2D eigenvalue weighted by Gasteiger charge is -2.27. The van der Waals surface area contributed by atoms with Crippen LogP contribution in [-0.2, 0) is 4.74 Å². The molecular weight excluding hydrogens is 282 g/mol. The first-order chi connectivity index (χ1) is 11.3. The molecule has 0 N–H and O–H groups in total. The van der Waals surface area contributed by atoms with E-state index in [1.54, 1.807) is 0 Å². The third-order valence-corrected chi connectivity index (χ3v) is 4.62. The van der Waals surface area contributed by atoms with Gasteiger partial charge in [-0.25, -0.2) is 0 Å². The third-order valence-electron chi connectivity index (χ3n) is 4.62. The first kappa shape index (κ1) is 16.2. The van der Waals surface area contributed by atoms with Gasteiger partial charge >= 0.3 is 0 Å². The predicted octanol–water partition coefficient (Wildman–Crippen LogP) is 4.59. The van der Waals surface area contributed by atoms with Crippen LogP contribution >= 0.6 is 0 Å². The zero-order valence-electron chi connectivity index (χ0n) is 14.1. The van der Waals surface area contributed by atoms with Crippen molar-refractivity contribution in [2.45, 2.75) is 32.3 Å². The molecule has 0 bridgehead atoms. The third kappa shape index (κ3) is 4.66. The first-order valence-electron chi connectivity index (χ1n) is 8.78. The molecule has 0 amide bonds. The van der Waals surface area contributed by atoms with Crippen molar-refractivity contribution in [2.24, 2.45) is 0 Å². The Hall–Kier alpha value is -1.64. The van der Waals surface area contributed by atoms with Crippen LogP contribution in [0.5, 0.6) is 0 Å². The Morgan fingerprint density at radius 2 is 1.52 bits per heavy atom. The highest BCUT2D eigenvalue weighted by molar-refractivity contribution is 5.31. The Labute approximate surface area is 140 Å². The molecule has 122 valence electrons. The molecule has 1 atom stereocenters. The quantitative estimate of drug-likeness (QED) is 0.774. The molecular formula is C21H27NO. The summed E-state index contributed by atoms with van der Waals surface area (Å²) in [5, 5.41) is 0. The Kier molecular flexibility index (Phi) is 5.84. The molecule has 2 aromatic rings. The summed E-state index contributed by atoms with van der Waals surface area (Å²) in [5.41, 5.74) is 3.75. The topological polar surface area (TPSA) is 12.5 Å². The van der Waals surface area contributed by atoms with E-state index in [9.17, 15) is 0 Å². The lowest BCUT2D eigenvalue weighted by molar-refractivity contribution is 0.0557. The molecule has 2 nitrogen and oxygen atoms in total. The number of hydrogen-bond acceptors (Lipinski definition) is 2. The Balaban J connectivity index is 1.66. The fourth-order valence-corrected chi connectivity index (χ4v) is 3.24. The van der Waals surface area contributed by atoms with E-state index in [4.69, 9.17) is 4.74 Å². The number of hydrogen-bond donors (Lipinski definition) is 0. The van der Waals surface area contributed by atoms with Crippen LogP contribution in [0.25, 0.3) is 0 Å². The van der Waals surface area contributed by atoms with Gasteiger partial charge in [0.05, 0.1) is 6.61 Å². The molecule has 1 heterocycles. The molecule has 1 fully saturated rings. The molecule has 3 rings (SSSR count). The van der Waals surface area contributed by atoms with E-state index in [1.807, 2.05) is 0 Å². The standard InChI is InChI=1S/C21H27NO/c1-18-10-12-20(13-11-18)21(19-8-4-2-5-9-19)23-17-16-22-14-6-3-7-15-22/h2,4-5,8-13,21H,3,6-7,14-17H2,1H3/t21-/m1/s1. The van der Waals surface area contributed by atoms with Gasteiger partial charge in [0.25, 0.3) is 0 Å². The van der Waals surface area contributed by atoms with Crippen LogP contribution in [0.4, 0.5) is 0 Å². The fraction of sp³-hybridized carbons (Fsp3) is 0.429. The normalized spacial score (nSPS) is 17.1. The van der Waals surface area contributed by atoms with Crippen LogP contribution in [0.1, 0.15) is 42.1 Å². The maximum Gasteiger partial charge on any atom is 0.108 e. The van der Waals surface area contributed by atoms with Crippen molar-refractivity contribution >= 4 is 0 Å². The molecule has 0 aliphatic carbocycles. The van der Waals surface area contributed by atoms with E-state index < -0.39 is 0 Å². The molecule has 23 heavy (non-hydrogen) atoms. The van der Waals surface area contributed by atoms with Crippen molar-refractivity contribution < 1.29 is 4.74 Å². The van der Waals surface area contributed by atoms with Crippen LogP contribution in [0, 0.1) is 6.92 Å². The van der Waals surface area contributed by atoms with Gasteiger partial charge in [0.2, 0.25) is 0 Å². The van der Waals surface area contributed by atoms with Crippen molar-refractivity contribution in [3.8, 4) is 0 Å². The van der Waals surface area contributed by atoms with Crippen LogP contribution in [0.3, 0.4) is 0 Å². The van der Waals surface area contributed by atoms with Gasteiger partial charge in [-0.15, -0.1) is 0 Å². The Bertz CT molecular complexity index is 573. The van der Waals surface area contributed by atoms with Crippen LogP contribution in [0.15, 0.2) is 54.6 Å². The molecule has 2 aromatic carbocycles. The van der Waals surface area contributed by atoms with Gasteiger partial charge in [-0.2, -0.15) is 0 Å². The van der Waals surface area contributed by atoms with E-state index in [0.29, 0.717) is 0 Å². The highest BCUT2D eigenvalue weighted by Gasteiger charge is 2.16. The summed E-state index contributed by atoms with van der Waals surface area (Å²) in [6.45, 7) is 6.40. The predicted molar refractivity (Wildman–Crippen MR) is 95.7 cm³/mol. The lowest BCUT2D eigenvalue weighted by atomic mass is 10.0. The fourth-order valence-electron chi connectivity index (χ4n) is 3.24. The van der Waals surface area contributed by atoms with Gasteiger partial charge in [0.15, 0.2) is 0 Å². The van der Waals surface area contributed by atoms with Crippen molar-refractivity contribution in [1.82, 2.24) is 4.90 Å². The van der Waals surface area contributed by atoms with E-state index >= 15 is 0 Å². The molecule has 1 aliphatic rings. The molecule has 0 radical (unpaired) electrons. The van der Waals surface area contributed by atoms with E-state index in [2.05, 4.69) is 66.4 Å². The molecule has 1 aliphatic heterocycles. The summed E-state index contributed by atoms with van der Waals surface area (Å²) in [4.78, 5) is 2.53. The van der Waals surface area contributed by atoms with Gasteiger partial charge in [0, 0.05) is 6.54 Å². The number of nitrogens with zero attached hydrogens (tertiary/aromatic N) is 1. The van der Waals surface area contributed by atoms with E-state index in [1.165, 1.54) is 49.0 Å². The van der Waals surface area contributed by atoms with Crippen molar-refractivity contribution in [3.63, 3.8) is 0 Å². The first-order valence-corrected chi connectivity index (χ1v) is 8.78. The van der Waals surface area contributed by atoms with E-state index in [0.717, 1.165) is 13.2 Å².